The summed E-state index contributed by atoms with van der Waals surface area (Å²) in [5.74, 6) is -0.223. The molecule has 0 aromatic heterocycles. The molecule has 0 spiro atoms. The molecule has 1 heterocycles. The number of halogens is 1. The minimum absolute atomic E-state index is 0.223. The molecule has 3 rings (SSSR count). The molecule has 0 amide bonds. The van der Waals surface area contributed by atoms with Crippen LogP contribution in [-0.2, 0) is 13.1 Å². The molecule has 0 radical (unpaired) electrons. The second-order valence-corrected chi connectivity index (χ2v) is 5.74. The maximum Gasteiger partial charge on any atom is 0.123 e. The van der Waals surface area contributed by atoms with Crippen molar-refractivity contribution in [3.05, 3.63) is 82.9 Å². The molecule has 0 atom stereocenters. The number of hydrogen-bond acceptors (Lipinski definition) is 4. The molecular weight excluding hydrogens is 303 g/mol. The molecule has 0 fully saturated rings. The van der Waals surface area contributed by atoms with Crippen LogP contribution in [0.25, 0.3) is 0 Å². The van der Waals surface area contributed by atoms with Crippen LogP contribution in [0.15, 0.2) is 60.4 Å². The van der Waals surface area contributed by atoms with Crippen molar-refractivity contribution in [1.29, 1.82) is 5.26 Å². The lowest BCUT2D eigenvalue weighted by Gasteiger charge is -2.30. The number of rotatable bonds is 5. The fourth-order valence-corrected chi connectivity index (χ4v) is 2.71. The van der Waals surface area contributed by atoms with Crippen LogP contribution in [0.3, 0.4) is 0 Å². The number of nitrogens with one attached hydrogen (secondary N) is 2. The second-order valence-electron chi connectivity index (χ2n) is 5.74. The summed E-state index contributed by atoms with van der Waals surface area (Å²) in [5.41, 5.74) is 3.80. The van der Waals surface area contributed by atoms with Gasteiger partial charge in [-0.3, -0.25) is 5.32 Å². The van der Waals surface area contributed by atoms with Crippen LogP contribution in [0.5, 0.6) is 0 Å². The fraction of sp³-hybridized carbons (Fsp3) is 0.211. The van der Waals surface area contributed by atoms with Gasteiger partial charge in [0.05, 0.1) is 18.3 Å². The number of nitriles is 1. The SMILES string of the molecule is N#Cc1ccc(CN(Cc2cccc(F)c2)C2=CNCNC2)cc1. The van der Waals surface area contributed by atoms with E-state index in [1.165, 1.54) is 6.07 Å². The largest absolute Gasteiger partial charge is 0.377 e. The van der Waals surface area contributed by atoms with Crippen molar-refractivity contribution < 1.29 is 4.39 Å². The van der Waals surface area contributed by atoms with Crippen molar-refractivity contribution in [2.24, 2.45) is 0 Å². The molecule has 2 aromatic carbocycles. The van der Waals surface area contributed by atoms with Crippen LogP contribution in [0.4, 0.5) is 4.39 Å². The Balaban J connectivity index is 1.81. The van der Waals surface area contributed by atoms with Crippen molar-refractivity contribution in [3.63, 3.8) is 0 Å². The van der Waals surface area contributed by atoms with Gasteiger partial charge >= 0.3 is 0 Å². The standard InChI is InChI=1S/C19H19FN4/c20-18-3-1-2-17(8-18)13-24(19-10-22-14-23-11-19)12-16-6-4-15(9-21)5-7-16/h1-8,10,22-23H,11-14H2. The number of benzene rings is 2. The Kier molecular flexibility index (Phi) is 5.09. The van der Waals surface area contributed by atoms with Gasteiger partial charge in [-0.2, -0.15) is 5.26 Å². The summed E-state index contributed by atoms with van der Waals surface area (Å²) >= 11 is 0. The van der Waals surface area contributed by atoms with E-state index in [9.17, 15) is 4.39 Å². The van der Waals surface area contributed by atoms with E-state index < -0.39 is 0 Å². The van der Waals surface area contributed by atoms with Gasteiger partial charge in [0.15, 0.2) is 0 Å². The molecule has 1 aliphatic rings. The van der Waals surface area contributed by atoms with Crippen molar-refractivity contribution in [1.82, 2.24) is 15.5 Å². The van der Waals surface area contributed by atoms with Crippen LogP contribution in [-0.4, -0.2) is 18.1 Å². The second kappa shape index (κ2) is 7.62. The smallest absolute Gasteiger partial charge is 0.123 e. The Morgan fingerprint density at radius 2 is 1.88 bits per heavy atom. The summed E-state index contributed by atoms with van der Waals surface area (Å²) in [6, 6.07) is 16.4. The lowest BCUT2D eigenvalue weighted by atomic mass is 10.1. The Hall–Kier alpha value is -2.84. The van der Waals surface area contributed by atoms with Gasteiger partial charge in [0.1, 0.15) is 5.82 Å². The summed E-state index contributed by atoms with van der Waals surface area (Å²) < 4.78 is 13.5. The third kappa shape index (κ3) is 4.12. The monoisotopic (exact) mass is 322 g/mol. The van der Waals surface area contributed by atoms with Crippen molar-refractivity contribution >= 4 is 0 Å². The summed E-state index contributed by atoms with van der Waals surface area (Å²) in [4.78, 5) is 2.20. The minimum atomic E-state index is -0.223. The van der Waals surface area contributed by atoms with Gasteiger partial charge in [-0.25, -0.2) is 4.39 Å². The maximum atomic E-state index is 13.5. The van der Waals surface area contributed by atoms with E-state index >= 15 is 0 Å². The summed E-state index contributed by atoms with van der Waals surface area (Å²) in [6.07, 6.45) is 2.00. The maximum absolute atomic E-state index is 13.5. The van der Waals surface area contributed by atoms with E-state index in [1.807, 2.05) is 36.5 Å². The van der Waals surface area contributed by atoms with E-state index in [1.54, 1.807) is 12.1 Å². The predicted molar refractivity (Wildman–Crippen MR) is 90.9 cm³/mol. The van der Waals surface area contributed by atoms with E-state index in [0.717, 1.165) is 30.0 Å². The molecule has 4 nitrogen and oxygen atoms in total. The molecular formula is C19H19FN4. The van der Waals surface area contributed by atoms with E-state index in [-0.39, 0.29) is 5.82 Å². The van der Waals surface area contributed by atoms with Crippen LogP contribution < -0.4 is 10.6 Å². The fourth-order valence-electron chi connectivity index (χ4n) is 2.71. The average Bonchev–Trinajstić information content (AvgIpc) is 2.63. The molecule has 122 valence electrons. The Morgan fingerprint density at radius 3 is 2.54 bits per heavy atom. The predicted octanol–water partition coefficient (Wildman–Crippen LogP) is 2.69. The summed E-state index contributed by atoms with van der Waals surface area (Å²) in [5, 5.41) is 15.4. The molecule has 0 saturated heterocycles. The summed E-state index contributed by atoms with van der Waals surface area (Å²) in [6.45, 7) is 2.82. The first kappa shape index (κ1) is 16.0. The molecule has 5 heteroatoms. The van der Waals surface area contributed by atoms with Gasteiger partial charge in [0, 0.05) is 31.5 Å². The molecule has 24 heavy (non-hydrogen) atoms. The first-order chi connectivity index (χ1) is 11.7. The normalized spacial score (nSPS) is 13.6. The van der Waals surface area contributed by atoms with Crippen LogP contribution in [0.2, 0.25) is 0 Å². The Labute approximate surface area is 141 Å². The first-order valence-electron chi connectivity index (χ1n) is 7.86. The van der Waals surface area contributed by atoms with Crippen molar-refractivity contribution in [2.75, 3.05) is 13.2 Å². The Morgan fingerprint density at radius 1 is 1.08 bits per heavy atom. The number of nitrogens with zero attached hydrogens (tertiary/aromatic N) is 2. The first-order valence-corrected chi connectivity index (χ1v) is 7.86. The number of hydrogen-bond donors (Lipinski definition) is 2. The van der Waals surface area contributed by atoms with E-state index in [0.29, 0.717) is 18.7 Å². The zero-order chi connectivity index (χ0) is 16.8. The molecule has 1 aliphatic heterocycles. The highest BCUT2D eigenvalue weighted by molar-refractivity contribution is 5.32. The van der Waals surface area contributed by atoms with Gasteiger partial charge in [-0.05, 0) is 35.4 Å². The molecule has 0 unspecified atom stereocenters. The van der Waals surface area contributed by atoms with Gasteiger partial charge in [0.2, 0.25) is 0 Å². The van der Waals surface area contributed by atoms with Crippen LogP contribution >= 0.6 is 0 Å². The van der Waals surface area contributed by atoms with Gasteiger partial charge in [-0.1, -0.05) is 24.3 Å². The highest BCUT2D eigenvalue weighted by Crippen LogP contribution is 2.17. The van der Waals surface area contributed by atoms with Gasteiger partial charge < -0.3 is 10.2 Å². The molecule has 2 N–H and O–H groups in total. The molecule has 0 saturated carbocycles. The third-order valence-electron chi connectivity index (χ3n) is 3.93. The van der Waals surface area contributed by atoms with Gasteiger partial charge in [0.25, 0.3) is 0 Å². The highest BCUT2D eigenvalue weighted by Gasteiger charge is 2.13. The lowest BCUT2D eigenvalue weighted by Crippen LogP contribution is -2.38. The van der Waals surface area contributed by atoms with Crippen molar-refractivity contribution in [3.8, 4) is 6.07 Å². The zero-order valence-electron chi connectivity index (χ0n) is 13.3. The van der Waals surface area contributed by atoms with Crippen LogP contribution in [0, 0.1) is 17.1 Å². The topological polar surface area (TPSA) is 51.1 Å². The third-order valence-corrected chi connectivity index (χ3v) is 3.93. The van der Waals surface area contributed by atoms with Crippen LogP contribution in [0.1, 0.15) is 16.7 Å². The van der Waals surface area contributed by atoms with Crippen molar-refractivity contribution in [2.45, 2.75) is 13.1 Å². The minimum Gasteiger partial charge on any atom is -0.377 e. The van der Waals surface area contributed by atoms with E-state index in [4.69, 9.17) is 5.26 Å². The average molecular weight is 322 g/mol. The van der Waals surface area contributed by atoms with E-state index in [2.05, 4.69) is 21.6 Å². The zero-order valence-corrected chi connectivity index (χ0v) is 13.3. The molecule has 0 aliphatic carbocycles. The Bertz CT molecular complexity index is 762. The van der Waals surface area contributed by atoms with Gasteiger partial charge in [-0.15, -0.1) is 0 Å². The lowest BCUT2D eigenvalue weighted by molar-refractivity contribution is 0.308. The summed E-state index contributed by atoms with van der Waals surface area (Å²) in [7, 11) is 0. The quantitative estimate of drug-likeness (QED) is 0.889. The highest BCUT2D eigenvalue weighted by atomic mass is 19.1. The molecule has 0 bridgehead atoms. The molecule has 2 aromatic rings.